The summed E-state index contributed by atoms with van der Waals surface area (Å²) in [6.45, 7) is 5.57. The minimum absolute atomic E-state index is 0.0895. The minimum Gasteiger partial charge on any atom is -0.364 e. The van der Waals surface area contributed by atoms with Crippen LogP contribution in [0.25, 0.3) is 0 Å². The predicted molar refractivity (Wildman–Crippen MR) is 115 cm³/mol. The Kier molecular flexibility index (Phi) is 6.83. The van der Waals surface area contributed by atoms with Crippen LogP contribution in [0.5, 0.6) is 0 Å². The van der Waals surface area contributed by atoms with Crippen LogP contribution in [0.2, 0.25) is 0 Å². The monoisotopic (exact) mass is 447 g/mol. The van der Waals surface area contributed by atoms with E-state index in [9.17, 15) is 10.1 Å². The molecule has 150 valence electrons. The number of halogens is 1. The highest BCUT2D eigenvalue weighted by Crippen LogP contribution is 2.29. The molecule has 0 amide bonds. The van der Waals surface area contributed by atoms with Crippen molar-refractivity contribution in [1.29, 1.82) is 0 Å². The lowest BCUT2D eigenvalue weighted by Gasteiger charge is -2.26. The van der Waals surface area contributed by atoms with Crippen LogP contribution in [0.1, 0.15) is 43.7 Å². The fourth-order valence-corrected chi connectivity index (χ4v) is 3.92. The maximum absolute atomic E-state index is 11.3. The van der Waals surface area contributed by atoms with E-state index in [1.54, 1.807) is 0 Å². The van der Waals surface area contributed by atoms with Crippen molar-refractivity contribution in [2.45, 2.75) is 46.1 Å². The zero-order valence-corrected chi connectivity index (χ0v) is 17.8. The number of nitrogens with one attached hydrogen (secondary N) is 2. The Bertz CT molecular complexity index is 837. The van der Waals surface area contributed by atoms with Gasteiger partial charge in [0.15, 0.2) is 0 Å². The Morgan fingerprint density at radius 2 is 2.00 bits per heavy atom. The van der Waals surface area contributed by atoms with E-state index in [-0.39, 0.29) is 11.5 Å². The molecule has 1 aromatic heterocycles. The number of benzene rings is 1. The molecular formula is C20H26BrN5O2. The third kappa shape index (κ3) is 5.19. The Balaban J connectivity index is 1.68. The molecule has 7 nitrogen and oxygen atoms in total. The van der Waals surface area contributed by atoms with E-state index in [1.165, 1.54) is 19.0 Å². The molecule has 1 aliphatic rings. The largest absolute Gasteiger partial charge is 0.364 e. The van der Waals surface area contributed by atoms with E-state index in [4.69, 9.17) is 0 Å². The highest BCUT2D eigenvalue weighted by atomic mass is 79.9. The van der Waals surface area contributed by atoms with Crippen LogP contribution < -0.4 is 10.6 Å². The smallest absolute Gasteiger partial charge is 0.329 e. The van der Waals surface area contributed by atoms with Crippen LogP contribution in [-0.2, 0) is 6.54 Å². The number of hydrogen-bond donors (Lipinski definition) is 2. The molecule has 8 heteroatoms. The second-order valence-corrected chi connectivity index (χ2v) is 8.42. The van der Waals surface area contributed by atoms with Crippen LogP contribution in [0.3, 0.4) is 0 Å². The maximum atomic E-state index is 11.3. The van der Waals surface area contributed by atoms with Gasteiger partial charge in [0.05, 0.1) is 4.92 Å². The van der Waals surface area contributed by atoms with E-state index in [2.05, 4.69) is 43.5 Å². The number of nitrogens with zero attached hydrogens (tertiary/aromatic N) is 3. The van der Waals surface area contributed by atoms with Crippen molar-refractivity contribution in [3.8, 4) is 0 Å². The van der Waals surface area contributed by atoms with Gasteiger partial charge in [-0.15, -0.1) is 0 Å². The van der Waals surface area contributed by atoms with Gasteiger partial charge >= 0.3 is 5.69 Å². The predicted octanol–water partition coefficient (Wildman–Crippen LogP) is 5.31. The van der Waals surface area contributed by atoms with Gasteiger partial charge in [0, 0.05) is 17.6 Å². The van der Waals surface area contributed by atoms with Crippen molar-refractivity contribution >= 4 is 33.4 Å². The molecule has 1 fully saturated rings. The topological polar surface area (TPSA) is 93.0 Å². The second-order valence-electron chi connectivity index (χ2n) is 7.57. The SMILES string of the molecule is Cc1c(Br)cccc1CNc1ncc([N+](=O)[O-])c(NCC2CCC(C)CC2)n1. The quantitative estimate of drug-likeness (QED) is 0.441. The number of rotatable bonds is 7. The molecule has 28 heavy (non-hydrogen) atoms. The molecule has 1 saturated carbocycles. The summed E-state index contributed by atoms with van der Waals surface area (Å²) in [5.74, 6) is 1.98. The molecule has 0 aliphatic heterocycles. The summed E-state index contributed by atoms with van der Waals surface area (Å²) in [4.78, 5) is 19.4. The highest BCUT2D eigenvalue weighted by molar-refractivity contribution is 9.10. The third-order valence-electron chi connectivity index (χ3n) is 5.48. The van der Waals surface area contributed by atoms with Crippen molar-refractivity contribution < 1.29 is 4.92 Å². The lowest BCUT2D eigenvalue weighted by molar-refractivity contribution is -0.384. The Morgan fingerprint density at radius 1 is 1.25 bits per heavy atom. The molecule has 0 atom stereocenters. The molecule has 2 aromatic rings. The van der Waals surface area contributed by atoms with Crippen LogP contribution >= 0.6 is 15.9 Å². The molecule has 0 saturated heterocycles. The summed E-state index contributed by atoms with van der Waals surface area (Å²) < 4.78 is 1.04. The zero-order chi connectivity index (χ0) is 20.1. The van der Waals surface area contributed by atoms with E-state index < -0.39 is 4.92 Å². The fraction of sp³-hybridized carbons (Fsp3) is 0.500. The van der Waals surface area contributed by atoms with Crippen molar-refractivity contribution in [3.05, 3.63) is 50.1 Å². The van der Waals surface area contributed by atoms with Gasteiger partial charge in [-0.3, -0.25) is 10.1 Å². The van der Waals surface area contributed by atoms with Gasteiger partial charge in [-0.1, -0.05) is 47.8 Å². The molecule has 1 aromatic carbocycles. The summed E-state index contributed by atoms with van der Waals surface area (Å²) >= 11 is 3.53. The first kappa shape index (κ1) is 20.5. The molecule has 2 N–H and O–H groups in total. The summed E-state index contributed by atoms with van der Waals surface area (Å²) in [6, 6.07) is 6.00. The van der Waals surface area contributed by atoms with Gasteiger partial charge < -0.3 is 10.6 Å². The van der Waals surface area contributed by atoms with Gasteiger partial charge in [0.2, 0.25) is 11.8 Å². The zero-order valence-electron chi connectivity index (χ0n) is 16.2. The Labute approximate surface area is 173 Å². The van der Waals surface area contributed by atoms with Crippen molar-refractivity contribution in [1.82, 2.24) is 9.97 Å². The molecule has 0 bridgehead atoms. The minimum atomic E-state index is -0.437. The average Bonchev–Trinajstić information content (AvgIpc) is 2.68. The highest BCUT2D eigenvalue weighted by Gasteiger charge is 2.21. The van der Waals surface area contributed by atoms with Crippen molar-refractivity contribution in [2.24, 2.45) is 11.8 Å². The van der Waals surface area contributed by atoms with Gasteiger partial charge in [-0.05, 0) is 48.8 Å². The summed E-state index contributed by atoms with van der Waals surface area (Å²) in [5, 5.41) is 17.7. The summed E-state index contributed by atoms with van der Waals surface area (Å²) in [7, 11) is 0. The summed E-state index contributed by atoms with van der Waals surface area (Å²) in [6.07, 6.45) is 6.02. The van der Waals surface area contributed by atoms with Crippen molar-refractivity contribution in [2.75, 3.05) is 17.2 Å². The first-order chi connectivity index (χ1) is 13.4. The molecule has 0 radical (unpaired) electrons. The number of aromatic nitrogens is 2. The first-order valence-corrected chi connectivity index (χ1v) is 10.5. The van der Waals surface area contributed by atoms with Gasteiger partial charge in [0.25, 0.3) is 0 Å². The van der Waals surface area contributed by atoms with Gasteiger partial charge in [0.1, 0.15) is 6.20 Å². The van der Waals surface area contributed by atoms with Crippen LogP contribution in [0, 0.1) is 28.9 Å². The van der Waals surface area contributed by atoms with Gasteiger partial charge in [-0.25, -0.2) is 4.98 Å². The van der Waals surface area contributed by atoms with E-state index in [0.717, 1.165) is 34.4 Å². The second kappa shape index (κ2) is 9.32. The molecule has 0 spiro atoms. The van der Waals surface area contributed by atoms with Crippen molar-refractivity contribution in [3.63, 3.8) is 0 Å². The fourth-order valence-electron chi connectivity index (χ4n) is 3.52. The average molecular weight is 448 g/mol. The van der Waals surface area contributed by atoms with Gasteiger partial charge in [-0.2, -0.15) is 4.98 Å². The van der Waals surface area contributed by atoms with E-state index in [1.807, 2.05) is 25.1 Å². The third-order valence-corrected chi connectivity index (χ3v) is 6.34. The maximum Gasteiger partial charge on any atom is 0.329 e. The van der Waals surface area contributed by atoms with Crippen LogP contribution in [0.4, 0.5) is 17.5 Å². The van der Waals surface area contributed by atoms with E-state index >= 15 is 0 Å². The Morgan fingerprint density at radius 3 is 2.71 bits per heavy atom. The Hall–Kier alpha value is -2.22. The number of nitro groups is 1. The van der Waals surface area contributed by atoms with Crippen LogP contribution in [0.15, 0.2) is 28.9 Å². The molecule has 0 unspecified atom stereocenters. The van der Waals surface area contributed by atoms with Crippen LogP contribution in [-0.4, -0.2) is 21.4 Å². The number of anilines is 2. The summed E-state index contributed by atoms with van der Waals surface area (Å²) in [5.41, 5.74) is 2.16. The lowest BCUT2D eigenvalue weighted by atomic mass is 9.83. The molecular weight excluding hydrogens is 422 g/mol. The lowest BCUT2D eigenvalue weighted by Crippen LogP contribution is -2.21. The molecule has 1 aliphatic carbocycles. The molecule has 1 heterocycles. The molecule has 3 rings (SSSR count). The van der Waals surface area contributed by atoms with E-state index in [0.29, 0.717) is 25.0 Å². The number of hydrogen-bond acceptors (Lipinski definition) is 6. The normalized spacial score (nSPS) is 19.2. The first-order valence-electron chi connectivity index (χ1n) is 9.67. The standard InChI is InChI=1S/C20H26BrN5O2/c1-13-6-8-15(9-7-13)10-22-19-18(26(27)28)12-24-20(25-19)23-11-16-4-3-5-17(21)14(16)2/h3-5,12-13,15H,6-11H2,1-2H3,(H2,22,23,24,25).